The number of anilines is 1. The van der Waals surface area contributed by atoms with Gasteiger partial charge in [0.1, 0.15) is 0 Å². The number of hydrogen-bond acceptors (Lipinski definition) is 3. The van der Waals surface area contributed by atoms with E-state index in [-0.39, 0.29) is 0 Å². The molecule has 2 aromatic heterocycles. The van der Waals surface area contributed by atoms with E-state index in [1.165, 1.54) is 0 Å². The van der Waals surface area contributed by atoms with Gasteiger partial charge in [-0.2, -0.15) is 5.10 Å². The van der Waals surface area contributed by atoms with E-state index in [1.54, 1.807) is 12.4 Å². The van der Waals surface area contributed by atoms with Gasteiger partial charge in [0.15, 0.2) is 0 Å². The zero-order valence-electron chi connectivity index (χ0n) is 9.97. The number of fused-ring (bicyclic) bond motifs is 1. The monoisotopic (exact) mass is 270 g/mol. The number of aromatic amines is 1. The number of pyridine rings is 1. The lowest BCUT2D eigenvalue weighted by molar-refractivity contribution is 1.31. The first-order valence-electron chi connectivity index (χ1n) is 5.80. The molecule has 0 atom stereocenters. The number of hydrazone groups is 1. The van der Waals surface area contributed by atoms with Crippen molar-refractivity contribution in [3.05, 3.63) is 59.5 Å². The number of benzene rings is 1. The quantitative estimate of drug-likeness (QED) is 0.564. The van der Waals surface area contributed by atoms with Gasteiger partial charge < -0.3 is 4.98 Å². The lowest BCUT2D eigenvalue weighted by atomic mass is 10.2. The second-order valence-corrected chi connectivity index (χ2v) is 4.45. The summed E-state index contributed by atoms with van der Waals surface area (Å²) in [5, 5.41) is 5.84. The van der Waals surface area contributed by atoms with Crippen LogP contribution in [0.3, 0.4) is 0 Å². The molecule has 0 aliphatic rings. The molecule has 3 aromatic rings. The van der Waals surface area contributed by atoms with Crippen LogP contribution in [0.4, 0.5) is 5.69 Å². The predicted octanol–water partition coefficient (Wildman–Crippen LogP) is 3.66. The maximum Gasteiger partial charge on any atom is 0.0738 e. The van der Waals surface area contributed by atoms with E-state index in [2.05, 4.69) is 20.5 Å². The summed E-state index contributed by atoms with van der Waals surface area (Å²) < 4.78 is 0. The van der Waals surface area contributed by atoms with Gasteiger partial charge in [-0.15, -0.1) is 0 Å². The standard InChI is InChI=1S/C14H11ClN4/c15-10-3-4-12-13(5-7-17-14(12)8-10)19-18-9-11-2-1-6-16-11/h1-9,16H,(H,17,19). The largest absolute Gasteiger partial charge is 0.360 e. The van der Waals surface area contributed by atoms with Crippen LogP contribution in [0.5, 0.6) is 0 Å². The highest BCUT2D eigenvalue weighted by atomic mass is 35.5. The SMILES string of the molecule is Clc1ccc2c(NN=Cc3ccc[nH]3)ccnc2c1. The summed E-state index contributed by atoms with van der Waals surface area (Å²) in [5.74, 6) is 0. The average molecular weight is 271 g/mol. The Hall–Kier alpha value is -2.33. The zero-order valence-corrected chi connectivity index (χ0v) is 10.7. The van der Waals surface area contributed by atoms with Gasteiger partial charge in [-0.3, -0.25) is 10.4 Å². The van der Waals surface area contributed by atoms with Crippen LogP contribution in [0.1, 0.15) is 5.69 Å². The molecule has 0 aliphatic heterocycles. The Morgan fingerprint density at radius 3 is 3.05 bits per heavy atom. The third kappa shape index (κ3) is 2.58. The Labute approximate surface area is 115 Å². The zero-order chi connectivity index (χ0) is 13.1. The van der Waals surface area contributed by atoms with Crippen molar-refractivity contribution in [2.75, 3.05) is 5.43 Å². The normalized spacial score (nSPS) is 11.2. The highest BCUT2D eigenvalue weighted by molar-refractivity contribution is 6.31. The fourth-order valence-electron chi connectivity index (χ4n) is 1.81. The first-order chi connectivity index (χ1) is 9.33. The Balaban J connectivity index is 1.89. The van der Waals surface area contributed by atoms with E-state index in [0.29, 0.717) is 5.02 Å². The Bertz CT molecular complexity index is 719. The van der Waals surface area contributed by atoms with Gasteiger partial charge in [-0.25, -0.2) is 0 Å². The summed E-state index contributed by atoms with van der Waals surface area (Å²) in [6.07, 6.45) is 5.30. The van der Waals surface area contributed by atoms with E-state index in [9.17, 15) is 0 Å². The van der Waals surface area contributed by atoms with Crippen LogP contribution in [0.2, 0.25) is 5.02 Å². The Morgan fingerprint density at radius 1 is 1.26 bits per heavy atom. The first kappa shape index (κ1) is 11.7. The number of rotatable bonds is 3. The van der Waals surface area contributed by atoms with Crippen molar-refractivity contribution in [3.63, 3.8) is 0 Å². The highest BCUT2D eigenvalue weighted by Gasteiger charge is 2.01. The summed E-state index contributed by atoms with van der Waals surface area (Å²) in [7, 11) is 0. The Kier molecular flexibility index (Phi) is 3.16. The predicted molar refractivity (Wildman–Crippen MR) is 78.8 cm³/mol. The van der Waals surface area contributed by atoms with Crippen LogP contribution in [0.25, 0.3) is 10.9 Å². The van der Waals surface area contributed by atoms with Crippen LogP contribution in [-0.4, -0.2) is 16.2 Å². The fourth-order valence-corrected chi connectivity index (χ4v) is 1.98. The number of halogens is 1. The summed E-state index contributed by atoms with van der Waals surface area (Å²) in [5.41, 5.74) is 5.68. The van der Waals surface area contributed by atoms with Gasteiger partial charge in [0.25, 0.3) is 0 Å². The van der Waals surface area contributed by atoms with Crippen LogP contribution < -0.4 is 5.43 Å². The number of H-pyrrole nitrogens is 1. The van der Waals surface area contributed by atoms with Crippen molar-refractivity contribution in [2.24, 2.45) is 5.10 Å². The molecule has 94 valence electrons. The minimum absolute atomic E-state index is 0.673. The summed E-state index contributed by atoms with van der Waals surface area (Å²) in [4.78, 5) is 7.33. The van der Waals surface area contributed by atoms with E-state index < -0.39 is 0 Å². The third-order valence-corrected chi connectivity index (χ3v) is 2.95. The number of aromatic nitrogens is 2. The molecule has 0 amide bonds. The molecule has 2 N–H and O–H groups in total. The highest BCUT2D eigenvalue weighted by Crippen LogP contribution is 2.24. The number of nitrogens with one attached hydrogen (secondary N) is 2. The second-order valence-electron chi connectivity index (χ2n) is 4.02. The molecule has 3 rings (SSSR count). The number of hydrogen-bond donors (Lipinski definition) is 2. The smallest absolute Gasteiger partial charge is 0.0738 e. The summed E-state index contributed by atoms with van der Waals surface area (Å²) in [6.45, 7) is 0. The Morgan fingerprint density at radius 2 is 2.21 bits per heavy atom. The molecule has 0 saturated heterocycles. The summed E-state index contributed by atoms with van der Waals surface area (Å²) >= 11 is 5.95. The molecular formula is C14H11ClN4. The van der Waals surface area contributed by atoms with Crippen molar-refractivity contribution in [3.8, 4) is 0 Å². The topological polar surface area (TPSA) is 53.1 Å². The molecule has 0 saturated carbocycles. The van der Waals surface area contributed by atoms with E-state index >= 15 is 0 Å². The van der Waals surface area contributed by atoms with E-state index in [1.807, 2.05) is 42.6 Å². The molecule has 2 heterocycles. The first-order valence-corrected chi connectivity index (χ1v) is 6.17. The minimum Gasteiger partial charge on any atom is -0.360 e. The van der Waals surface area contributed by atoms with Gasteiger partial charge in [-0.1, -0.05) is 11.6 Å². The number of nitrogens with zero attached hydrogens (tertiary/aromatic N) is 2. The van der Waals surface area contributed by atoms with Gasteiger partial charge in [-0.05, 0) is 36.4 Å². The molecule has 0 unspecified atom stereocenters. The maximum atomic E-state index is 5.95. The molecule has 5 heteroatoms. The molecule has 1 aromatic carbocycles. The van der Waals surface area contributed by atoms with Crippen molar-refractivity contribution < 1.29 is 0 Å². The van der Waals surface area contributed by atoms with Crippen molar-refractivity contribution >= 4 is 34.4 Å². The molecule has 0 radical (unpaired) electrons. The molecule has 19 heavy (non-hydrogen) atoms. The van der Waals surface area contributed by atoms with Crippen LogP contribution in [0, 0.1) is 0 Å². The molecule has 0 bridgehead atoms. The molecule has 4 nitrogen and oxygen atoms in total. The van der Waals surface area contributed by atoms with Crippen LogP contribution in [-0.2, 0) is 0 Å². The minimum atomic E-state index is 0.673. The van der Waals surface area contributed by atoms with Crippen LogP contribution >= 0.6 is 11.6 Å². The van der Waals surface area contributed by atoms with Crippen molar-refractivity contribution in [1.82, 2.24) is 9.97 Å². The van der Waals surface area contributed by atoms with Gasteiger partial charge in [0.05, 0.1) is 23.1 Å². The average Bonchev–Trinajstić information content (AvgIpc) is 2.92. The van der Waals surface area contributed by atoms with Crippen molar-refractivity contribution in [2.45, 2.75) is 0 Å². The van der Waals surface area contributed by atoms with E-state index in [4.69, 9.17) is 11.6 Å². The van der Waals surface area contributed by atoms with Gasteiger partial charge >= 0.3 is 0 Å². The third-order valence-electron chi connectivity index (χ3n) is 2.72. The van der Waals surface area contributed by atoms with Gasteiger partial charge in [0, 0.05) is 22.8 Å². The molecule has 0 spiro atoms. The van der Waals surface area contributed by atoms with Crippen LogP contribution in [0.15, 0.2) is 53.9 Å². The van der Waals surface area contributed by atoms with E-state index in [0.717, 1.165) is 22.3 Å². The lowest BCUT2D eigenvalue weighted by Gasteiger charge is -2.04. The molecule has 0 aliphatic carbocycles. The molecule has 0 fully saturated rings. The maximum absolute atomic E-state index is 5.95. The molecular weight excluding hydrogens is 260 g/mol. The lowest BCUT2D eigenvalue weighted by Crippen LogP contribution is -1.92. The van der Waals surface area contributed by atoms with Crippen molar-refractivity contribution in [1.29, 1.82) is 0 Å². The second kappa shape index (κ2) is 5.12. The summed E-state index contributed by atoms with van der Waals surface area (Å²) in [6, 6.07) is 11.3. The fraction of sp³-hybridized carbons (Fsp3) is 0. The van der Waals surface area contributed by atoms with Gasteiger partial charge in [0.2, 0.25) is 0 Å².